The molecule has 0 aliphatic rings. The maximum Gasteiger partial charge on any atom is 0.417 e. The van der Waals surface area contributed by atoms with E-state index in [4.69, 9.17) is 16.7 Å². The number of aromatic nitrogens is 2. The first-order chi connectivity index (χ1) is 9.75. The molecule has 114 valence electrons. The SMILES string of the molecule is Cc1nc2c(Cl)cc(C(F)(F)F)cn2c1C(=O)NCCO. The van der Waals surface area contributed by atoms with E-state index in [0.29, 0.717) is 0 Å². The summed E-state index contributed by atoms with van der Waals surface area (Å²) in [6, 6.07) is 0.763. The predicted octanol–water partition coefficient (Wildman–Crippen LogP) is 2.04. The first-order valence-electron chi connectivity index (χ1n) is 5.90. The number of pyridine rings is 1. The molecule has 2 N–H and O–H groups in total. The lowest BCUT2D eigenvalue weighted by atomic mass is 10.2. The number of nitrogens with one attached hydrogen (secondary N) is 1. The fraction of sp³-hybridized carbons (Fsp3) is 0.333. The van der Waals surface area contributed by atoms with E-state index in [1.165, 1.54) is 6.92 Å². The minimum Gasteiger partial charge on any atom is -0.395 e. The van der Waals surface area contributed by atoms with Crippen molar-refractivity contribution >= 4 is 23.2 Å². The van der Waals surface area contributed by atoms with Crippen LogP contribution in [0.15, 0.2) is 12.3 Å². The molecule has 0 aliphatic heterocycles. The quantitative estimate of drug-likeness (QED) is 0.909. The van der Waals surface area contributed by atoms with Crippen LogP contribution in [0.4, 0.5) is 13.2 Å². The Kier molecular flexibility index (Phi) is 4.11. The highest BCUT2D eigenvalue weighted by molar-refractivity contribution is 6.33. The maximum absolute atomic E-state index is 12.8. The molecule has 0 aliphatic carbocycles. The second-order valence-electron chi connectivity index (χ2n) is 4.29. The second kappa shape index (κ2) is 5.53. The molecule has 0 unspecified atom stereocenters. The van der Waals surface area contributed by atoms with Crippen LogP contribution in [0.2, 0.25) is 5.02 Å². The van der Waals surface area contributed by atoms with Crippen LogP contribution in [0.3, 0.4) is 0 Å². The van der Waals surface area contributed by atoms with Crippen molar-refractivity contribution in [1.29, 1.82) is 0 Å². The molecule has 2 rings (SSSR count). The molecule has 2 heterocycles. The molecule has 9 heteroatoms. The van der Waals surface area contributed by atoms with Crippen LogP contribution < -0.4 is 5.32 Å². The first kappa shape index (κ1) is 15.6. The van der Waals surface area contributed by atoms with Crippen LogP contribution in [0.25, 0.3) is 5.65 Å². The summed E-state index contributed by atoms with van der Waals surface area (Å²) in [6.07, 6.45) is -3.82. The average Bonchev–Trinajstić information content (AvgIpc) is 2.72. The van der Waals surface area contributed by atoms with E-state index in [1.54, 1.807) is 0 Å². The Hall–Kier alpha value is -1.80. The van der Waals surface area contributed by atoms with Crippen LogP contribution >= 0.6 is 11.6 Å². The fourth-order valence-corrected chi connectivity index (χ4v) is 2.15. The van der Waals surface area contributed by atoms with Crippen LogP contribution in [0.5, 0.6) is 0 Å². The van der Waals surface area contributed by atoms with Crippen molar-refractivity contribution in [1.82, 2.24) is 14.7 Å². The predicted molar refractivity (Wildman–Crippen MR) is 69.4 cm³/mol. The molecular weight excluding hydrogens is 311 g/mol. The summed E-state index contributed by atoms with van der Waals surface area (Å²) in [4.78, 5) is 16.0. The number of carbonyl (C=O) groups excluding carboxylic acids is 1. The molecular formula is C12H11ClF3N3O2. The van der Waals surface area contributed by atoms with Gasteiger partial charge < -0.3 is 10.4 Å². The Morgan fingerprint density at radius 1 is 1.52 bits per heavy atom. The van der Waals surface area contributed by atoms with E-state index in [9.17, 15) is 18.0 Å². The largest absolute Gasteiger partial charge is 0.417 e. The maximum atomic E-state index is 12.8. The number of hydrogen-bond acceptors (Lipinski definition) is 3. The summed E-state index contributed by atoms with van der Waals surface area (Å²) in [5.74, 6) is -0.635. The molecule has 21 heavy (non-hydrogen) atoms. The minimum atomic E-state index is -4.59. The number of imidazole rings is 1. The third kappa shape index (κ3) is 2.96. The molecule has 0 aromatic carbocycles. The Morgan fingerprint density at radius 3 is 2.76 bits per heavy atom. The number of aryl methyl sites for hydroxylation is 1. The third-order valence-electron chi connectivity index (χ3n) is 2.79. The van der Waals surface area contributed by atoms with Crippen molar-refractivity contribution in [2.45, 2.75) is 13.1 Å². The van der Waals surface area contributed by atoms with Gasteiger partial charge in [-0.1, -0.05) is 11.6 Å². The molecule has 0 saturated carbocycles. The van der Waals surface area contributed by atoms with Crippen LogP contribution in [0.1, 0.15) is 21.7 Å². The molecule has 2 aromatic heterocycles. The second-order valence-corrected chi connectivity index (χ2v) is 4.70. The number of alkyl halides is 3. The lowest BCUT2D eigenvalue weighted by Crippen LogP contribution is -2.28. The van der Waals surface area contributed by atoms with Crippen molar-refractivity contribution in [2.24, 2.45) is 0 Å². The van der Waals surface area contributed by atoms with Crippen molar-refractivity contribution in [3.63, 3.8) is 0 Å². The Balaban J connectivity index is 2.63. The third-order valence-corrected chi connectivity index (χ3v) is 3.07. The van der Waals surface area contributed by atoms with Gasteiger partial charge in [0, 0.05) is 12.7 Å². The number of halogens is 4. The topological polar surface area (TPSA) is 66.6 Å². The molecule has 0 radical (unpaired) electrons. The Bertz CT molecular complexity index is 697. The highest BCUT2D eigenvalue weighted by Gasteiger charge is 2.32. The van der Waals surface area contributed by atoms with Gasteiger partial charge >= 0.3 is 6.18 Å². The Labute approximate surface area is 122 Å². The zero-order valence-corrected chi connectivity index (χ0v) is 11.6. The van der Waals surface area contributed by atoms with E-state index in [0.717, 1.165) is 16.7 Å². The number of fused-ring (bicyclic) bond motifs is 1. The van der Waals surface area contributed by atoms with E-state index in [2.05, 4.69) is 10.3 Å². The van der Waals surface area contributed by atoms with E-state index in [1.807, 2.05) is 0 Å². The van der Waals surface area contributed by atoms with Crippen molar-refractivity contribution in [3.8, 4) is 0 Å². The fourth-order valence-electron chi connectivity index (χ4n) is 1.90. The number of carbonyl (C=O) groups is 1. The van der Waals surface area contributed by atoms with E-state index < -0.39 is 17.6 Å². The van der Waals surface area contributed by atoms with Gasteiger partial charge in [0.15, 0.2) is 5.65 Å². The molecule has 0 saturated heterocycles. The highest BCUT2D eigenvalue weighted by atomic mass is 35.5. The van der Waals surface area contributed by atoms with E-state index in [-0.39, 0.29) is 35.2 Å². The van der Waals surface area contributed by atoms with Crippen molar-refractivity contribution in [3.05, 3.63) is 34.2 Å². The molecule has 0 atom stereocenters. The Morgan fingerprint density at radius 2 is 2.19 bits per heavy atom. The number of nitrogens with zero attached hydrogens (tertiary/aromatic N) is 2. The zero-order valence-electron chi connectivity index (χ0n) is 10.8. The summed E-state index contributed by atoms with van der Waals surface area (Å²) >= 11 is 5.81. The van der Waals surface area contributed by atoms with Gasteiger partial charge in [0.2, 0.25) is 0 Å². The normalized spacial score (nSPS) is 11.9. The van der Waals surface area contributed by atoms with Gasteiger partial charge in [0.25, 0.3) is 5.91 Å². The zero-order chi connectivity index (χ0) is 15.8. The first-order valence-corrected chi connectivity index (χ1v) is 6.28. The van der Waals surface area contributed by atoms with Gasteiger partial charge in [-0.05, 0) is 13.0 Å². The van der Waals surface area contributed by atoms with Gasteiger partial charge in [-0.15, -0.1) is 0 Å². The molecule has 5 nitrogen and oxygen atoms in total. The van der Waals surface area contributed by atoms with Crippen molar-refractivity contribution < 1.29 is 23.1 Å². The highest BCUT2D eigenvalue weighted by Crippen LogP contribution is 2.33. The van der Waals surface area contributed by atoms with Gasteiger partial charge in [-0.3, -0.25) is 9.20 Å². The van der Waals surface area contributed by atoms with Crippen LogP contribution in [-0.4, -0.2) is 33.6 Å². The lowest BCUT2D eigenvalue weighted by Gasteiger charge is -2.10. The molecule has 2 aromatic rings. The lowest BCUT2D eigenvalue weighted by molar-refractivity contribution is -0.137. The van der Waals surface area contributed by atoms with Crippen LogP contribution in [-0.2, 0) is 6.18 Å². The monoisotopic (exact) mass is 321 g/mol. The van der Waals surface area contributed by atoms with Gasteiger partial charge in [0.1, 0.15) is 5.69 Å². The molecule has 1 amide bonds. The summed E-state index contributed by atoms with van der Waals surface area (Å²) in [5, 5.41) is 10.9. The standard InChI is InChI=1S/C12H11ClF3N3O2/c1-6-9(11(21)17-2-3-20)19-5-7(12(14,15)16)4-8(13)10(19)18-6/h4-5,20H,2-3H2,1H3,(H,17,21). The van der Waals surface area contributed by atoms with Crippen LogP contribution in [0, 0.1) is 6.92 Å². The number of hydrogen-bond donors (Lipinski definition) is 2. The van der Waals surface area contributed by atoms with Gasteiger partial charge in [-0.25, -0.2) is 4.98 Å². The van der Waals surface area contributed by atoms with E-state index >= 15 is 0 Å². The van der Waals surface area contributed by atoms with Gasteiger partial charge in [0.05, 0.1) is 22.9 Å². The molecule has 0 fully saturated rings. The number of rotatable bonds is 3. The summed E-state index contributed by atoms with van der Waals surface area (Å²) in [7, 11) is 0. The number of aliphatic hydroxyl groups excluding tert-OH is 1. The summed E-state index contributed by atoms with van der Waals surface area (Å²) < 4.78 is 39.4. The average molecular weight is 322 g/mol. The minimum absolute atomic E-state index is 0.0157. The summed E-state index contributed by atoms with van der Waals surface area (Å²) in [6.45, 7) is 1.19. The summed E-state index contributed by atoms with van der Waals surface area (Å²) in [5.41, 5.74) is -0.719. The number of amides is 1. The molecule has 0 bridgehead atoms. The van der Waals surface area contributed by atoms with Crippen molar-refractivity contribution in [2.75, 3.05) is 13.2 Å². The molecule has 0 spiro atoms. The number of aliphatic hydroxyl groups is 1. The van der Waals surface area contributed by atoms with Gasteiger partial charge in [-0.2, -0.15) is 13.2 Å². The smallest absolute Gasteiger partial charge is 0.395 e.